The number of hydrogen-bond acceptors (Lipinski definition) is 6. The number of ether oxygens (including phenoxy) is 1. The number of hydrogen-bond donors (Lipinski definition) is 1. The summed E-state index contributed by atoms with van der Waals surface area (Å²) in [6, 6.07) is 20.6. The first-order valence-corrected chi connectivity index (χ1v) is 10.6. The van der Waals surface area contributed by atoms with Crippen LogP contribution in [0, 0.1) is 32.1 Å². The Morgan fingerprint density at radius 1 is 1.06 bits per heavy atom. The van der Waals surface area contributed by atoms with Crippen molar-refractivity contribution in [3.8, 4) is 23.0 Å². The van der Waals surface area contributed by atoms with Crippen LogP contribution in [0.1, 0.15) is 32.9 Å². The van der Waals surface area contributed by atoms with Crippen molar-refractivity contribution in [2.24, 2.45) is 0 Å². The Labute approximate surface area is 196 Å². The molecule has 0 bridgehead atoms. The van der Waals surface area contributed by atoms with E-state index in [4.69, 9.17) is 9.26 Å². The minimum atomic E-state index is -0.723. The third-order valence-electron chi connectivity index (χ3n) is 5.55. The van der Waals surface area contributed by atoms with Gasteiger partial charge in [0.15, 0.2) is 6.61 Å². The number of rotatable bonds is 6. The molecule has 0 fully saturated rings. The number of amides is 1. The molecule has 4 aromatic rings. The maximum absolute atomic E-state index is 12.8. The maximum atomic E-state index is 12.8. The van der Waals surface area contributed by atoms with E-state index >= 15 is 0 Å². The van der Waals surface area contributed by atoms with Crippen LogP contribution < -0.4 is 5.32 Å². The van der Waals surface area contributed by atoms with Gasteiger partial charge >= 0.3 is 5.97 Å². The number of nitrogens with zero attached hydrogens (tertiary/aromatic N) is 3. The normalized spacial score (nSPS) is 10.5. The number of esters is 1. The Bertz CT molecular complexity index is 1400. The lowest BCUT2D eigenvalue weighted by Crippen LogP contribution is -2.23. The summed E-state index contributed by atoms with van der Waals surface area (Å²) in [5, 5.41) is 16.4. The minimum absolute atomic E-state index is 0.163. The minimum Gasteiger partial charge on any atom is -0.452 e. The summed E-state index contributed by atoms with van der Waals surface area (Å²) in [7, 11) is 0. The lowest BCUT2D eigenvalue weighted by Gasteiger charge is -2.13. The van der Waals surface area contributed by atoms with Crippen LogP contribution in [0.15, 0.2) is 65.2 Å². The number of para-hydroxylation sites is 1. The third-order valence-corrected chi connectivity index (χ3v) is 5.55. The van der Waals surface area contributed by atoms with Crippen molar-refractivity contribution in [2.75, 3.05) is 11.9 Å². The van der Waals surface area contributed by atoms with Gasteiger partial charge in [-0.15, -0.1) is 0 Å². The second-order valence-corrected chi connectivity index (χ2v) is 7.67. The molecular weight excluding hydrogens is 432 g/mol. The summed E-state index contributed by atoms with van der Waals surface area (Å²) < 4.78 is 12.3. The Balaban J connectivity index is 1.55. The van der Waals surface area contributed by atoms with Crippen molar-refractivity contribution in [1.82, 2.24) is 9.72 Å². The summed E-state index contributed by atoms with van der Waals surface area (Å²) in [4.78, 5) is 25.5. The van der Waals surface area contributed by atoms with E-state index in [9.17, 15) is 14.9 Å². The molecule has 0 radical (unpaired) electrons. The Kier molecular flexibility index (Phi) is 6.28. The standard InChI is InChI=1S/C26H22N4O4/c1-16-17(2)30(20-12-8-5-9-13-20)25(21(16)14-27)28-22(31)15-33-26(32)23-18(3)34-29-24(23)19-10-6-4-7-11-19/h4-13H,15H2,1-3H3,(H,28,31). The fourth-order valence-corrected chi connectivity index (χ4v) is 3.74. The van der Waals surface area contributed by atoms with Crippen molar-refractivity contribution in [2.45, 2.75) is 20.8 Å². The summed E-state index contributed by atoms with van der Waals surface area (Å²) in [5.74, 6) is -0.676. The first kappa shape index (κ1) is 22.6. The molecular formula is C26H22N4O4. The monoisotopic (exact) mass is 454 g/mol. The first-order valence-electron chi connectivity index (χ1n) is 10.6. The van der Waals surface area contributed by atoms with E-state index in [1.807, 2.05) is 62.4 Å². The lowest BCUT2D eigenvalue weighted by atomic mass is 10.1. The van der Waals surface area contributed by atoms with E-state index < -0.39 is 18.5 Å². The second-order valence-electron chi connectivity index (χ2n) is 7.67. The zero-order valence-electron chi connectivity index (χ0n) is 19.0. The molecule has 1 amide bonds. The fraction of sp³-hybridized carbons (Fsp3) is 0.154. The summed E-state index contributed by atoms with van der Waals surface area (Å²) in [5.41, 5.74) is 3.93. The molecule has 0 spiro atoms. The van der Waals surface area contributed by atoms with Gasteiger partial charge in [0, 0.05) is 16.9 Å². The highest BCUT2D eigenvalue weighted by Crippen LogP contribution is 2.30. The molecule has 0 saturated carbocycles. The largest absolute Gasteiger partial charge is 0.452 e. The molecule has 170 valence electrons. The van der Waals surface area contributed by atoms with Gasteiger partial charge in [-0.3, -0.25) is 9.36 Å². The number of carbonyl (C=O) groups excluding carboxylic acids is 2. The number of benzene rings is 2. The van der Waals surface area contributed by atoms with Crippen LogP contribution in [-0.2, 0) is 9.53 Å². The zero-order chi connectivity index (χ0) is 24.2. The van der Waals surface area contributed by atoms with Crippen molar-refractivity contribution < 1.29 is 18.8 Å². The van der Waals surface area contributed by atoms with Gasteiger partial charge < -0.3 is 14.6 Å². The van der Waals surface area contributed by atoms with E-state index in [0.29, 0.717) is 28.4 Å². The smallest absolute Gasteiger partial charge is 0.344 e. The van der Waals surface area contributed by atoms with Crippen molar-refractivity contribution in [3.63, 3.8) is 0 Å². The van der Waals surface area contributed by atoms with Crippen molar-refractivity contribution in [3.05, 3.63) is 88.8 Å². The quantitative estimate of drug-likeness (QED) is 0.422. The number of nitriles is 1. The van der Waals surface area contributed by atoms with Gasteiger partial charge in [-0.1, -0.05) is 53.7 Å². The summed E-state index contributed by atoms with van der Waals surface area (Å²) in [6.07, 6.45) is 0. The topological polar surface area (TPSA) is 110 Å². The number of nitrogens with one attached hydrogen (secondary N) is 1. The molecule has 0 aliphatic rings. The number of aromatic nitrogens is 2. The molecule has 0 saturated heterocycles. The molecule has 0 atom stereocenters. The van der Waals surface area contributed by atoms with Gasteiger partial charge in [-0.25, -0.2) is 4.79 Å². The number of anilines is 1. The Hall–Kier alpha value is -4.64. The van der Waals surface area contributed by atoms with Crippen LogP contribution >= 0.6 is 0 Å². The van der Waals surface area contributed by atoms with Gasteiger partial charge in [-0.05, 0) is 38.5 Å². The molecule has 34 heavy (non-hydrogen) atoms. The van der Waals surface area contributed by atoms with E-state index in [2.05, 4.69) is 16.5 Å². The lowest BCUT2D eigenvalue weighted by molar-refractivity contribution is -0.119. The average molecular weight is 454 g/mol. The SMILES string of the molecule is Cc1onc(-c2ccccc2)c1C(=O)OCC(=O)Nc1c(C#N)c(C)c(C)n1-c1ccccc1. The first-order chi connectivity index (χ1) is 16.4. The van der Waals surface area contributed by atoms with E-state index in [0.717, 1.165) is 16.9 Å². The van der Waals surface area contributed by atoms with Gasteiger partial charge in [0.1, 0.15) is 28.9 Å². The molecule has 1 N–H and O–H groups in total. The molecule has 0 unspecified atom stereocenters. The second kappa shape index (κ2) is 9.46. The molecule has 0 aliphatic heterocycles. The molecule has 4 rings (SSSR count). The fourth-order valence-electron chi connectivity index (χ4n) is 3.74. The summed E-state index contributed by atoms with van der Waals surface area (Å²) in [6.45, 7) is 4.76. The van der Waals surface area contributed by atoms with Crippen molar-refractivity contribution >= 4 is 17.7 Å². The average Bonchev–Trinajstić information content (AvgIpc) is 3.35. The summed E-state index contributed by atoms with van der Waals surface area (Å²) >= 11 is 0. The van der Waals surface area contributed by atoms with Crippen LogP contribution in [0.5, 0.6) is 0 Å². The van der Waals surface area contributed by atoms with Gasteiger partial charge in [0.05, 0.1) is 5.56 Å². The Morgan fingerprint density at radius 2 is 1.71 bits per heavy atom. The highest BCUT2D eigenvalue weighted by molar-refractivity contribution is 5.99. The van der Waals surface area contributed by atoms with Gasteiger partial charge in [0.25, 0.3) is 5.91 Å². The van der Waals surface area contributed by atoms with Gasteiger partial charge in [-0.2, -0.15) is 5.26 Å². The van der Waals surface area contributed by atoms with Crippen molar-refractivity contribution in [1.29, 1.82) is 5.26 Å². The highest BCUT2D eigenvalue weighted by Gasteiger charge is 2.25. The van der Waals surface area contributed by atoms with Crippen LogP contribution in [0.2, 0.25) is 0 Å². The predicted molar refractivity (Wildman–Crippen MR) is 126 cm³/mol. The molecule has 2 heterocycles. The molecule has 8 heteroatoms. The van der Waals surface area contributed by atoms with Crippen LogP contribution in [0.25, 0.3) is 16.9 Å². The van der Waals surface area contributed by atoms with Crippen LogP contribution in [0.3, 0.4) is 0 Å². The number of carbonyl (C=O) groups is 2. The molecule has 2 aromatic heterocycles. The molecule has 8 nitrogen and oxygen atoms in total. The van der Waals surface area contributed by atoms with Crippen LogP contribution in [-0.4, -0.2) is 28.2 Å². The zero-order valence-corrected chi connectivity index (χ0v) is 19.0. The van der Waals surface area contributed by atoms with Crippen LogP contribution in [0.4, 0.5) is 5.82 Å². The third kappa shape index (κ3) is 4.19. The van der Waals surface area contributed by atoms with E-state index in [-0.39, 0.29) is 5.56 Å². The maximum Gasteiger partial charge on any atom is 0.344 e. The highest BCUT2D eigenvalue weighted by atomic mass is 16.5. The van der Waals surface area contributed by atoms with E-state index in [1.54, 1.807) is 23.6 Å². The number of aryl methyl sites for hydroxylation is 1. The van der Waals surface area contributed by atoms with E-state index in [1.165, 1.54) is 0 Å². The van der Waals surface area contributed by atoms with Gasteiger partial charge in [0.2, 0.25) is 0 Å². The molecule has 2 aromatic carbocycles. The predicted octanol–water partition coefficient (Wildman–Crippen LogP) is 4.72. The molecule has 0 aliphatic carbocycles. The Morgan fingerprint density at radius 3 is 2.35 bits per heavy atom.